The fraction of sp³-hybridized carbons (Fsp3) is 0.474. The van der Waals surface area contributed by atoms with Gasteiger partial charge in [-0.25, -0.2) is 4.98 Å². The molecule has 1 amide bonds. The number of carbonyl (C=O) groups is 1. The number of hydrogen-bond acceptors (Lipinski definition) is 7. The number of thiophene rings is 1. The summed E-state index contributed by atoms with van der Waals surface area (Å²) in [5, 5.41) is 7.11. The van der Waals surface area contributed by atoms with Gasteiger partial charge in [0.05, 0.1) is 10.6 Å². The number of aromatic amines is 1. The SMILES string of the molecule is CC[C@@H](C)Cc1c(C)sc2nc(S[C@@H](C)C(=O)Nc3cc(C)on3)[nH]c(=O)c12. The van der Waals surface area contributed by atoms with Crippen molar-refractivity contribution in [2.45, 2.75) is 57.9 Å². The Morgan fingerprint density at radius 2 is 2.14 bits per heavy atom. The molecule has 0 aliphatic rings. The highest BCUT2D eigenvalue weighted by Crippen LogP contribution is 2.31. The second kappa shape index (κ2) is 8.48. The summed E-state index contributed by atoms with van der Waals surface area (Å²) in [5.74, 6) is 1.26. The first-order valence-electron chi connectivity index (χ1n) is 9.21. The van der Waals surface area contributed by atoms with Gasteiger partial charge in [0.25, 0.3) is 5.56 Å². The molecular weight excluding hydrogens is 396 g/mol. The number of amides is 1. The topological polar surface area (TPSA) is 101 Å². The predicted molar refractivity (Wildman–Crippen MR) is 113 cm³/mol. The number of hydrogen-bond donors (Lipinski definition) is 2. The minimum Gasteiger partial charge on any atom is -0.360 e. The van der Waals surface area contributed by atoms with Gasteiger partial charge in [-0.2, -0.15) is 0 Å². The number of nitrogens with zero attached hydrogens (tertiary/aromatic N) is 2. The molecule has 3 aromatic heterocycles. The fourth-order valence-corrected chi connectivity index (χ4v) is 4.73. The van der Waals surface area contributed by atoms with Crippen LogP contribution in [0.1, 0.15) is 43.4 Å². The Bertz CT molecular complexity index is 1050. The Hall–Kier alpha value is -2.13. The zero-order valence-corrected chi connectivity index (χ0v) is 18.2. The largest absolute Gasteiger partial charge is 0.360 e. The fourth-order valence-electron chi connectivity index (χ4n) is 2.82. The van der Waals surface area contributed by atoms with Crippen LogP contribution >= 0.6 is 23.1 Å². The lowest BCUT2D eigenvalue weighted by Gasteiger charge is -2.10. The lowest BCUT2D eigenvalue weighted by Crippen LogP contribution is -2.23. The third-order valence-corrected chi connectivity index (χ3v) is 6.65. The molecule has 0 saturated carbocycles. The van der Waals surface area contributed by atoms with Gasteiger partial charge in [0.2, 0.25) is 5.91 Å². The van der Waals surface area contributed by atoms with E-state index in [2.05, 4.69) is 34.3 Å². The summed E-state index contributed by atoms with van der Waals surface area (Å²) in [5.41, 5.74) is 0.946. The van der Waals surface area contributed by atoms with E-state index in [0.717, 1.165) is 28.1 Å². The second-order valence-electron chi connectivity index (χ2n) is 6.98. The molecule has 0 saturated heterocycles. The zero-order valence-electron chi connectivity index (χ0n) is 16.6. The number of anilines is 1. The van der Waals surface area contributed by atoms with E-state index in [-0.39, 0.29) is 11.5 Å². The quantitative estimate of drug-likeness (QED) is 0.437. The van der Waals surface area contributed by atoms with Crippen LogP contribution < -0.4 is 10.9 Å². The summed E-state index contributed by atoms with van der Waals surface area (Å²) >= 11 is 2.74. The molecule has 3 heterocycles. The average molecular weight is 421 g/mol. The van der Waals surface area contributed by atoms with Gasteiger partial charge in [-0.05, 0) is 38.7 Å². The number of H-pyrrole nitrogens is 1. The molecule has 0 aliphatic carbocycles. The van der Waals surface area contributed by atoms with Gasteiger partial charge in [0.15, 0.2) is 11.0 Å². The van der Waals surface area contributed by atoms with Crippen molar-refractivity contribution < 1.29 is 9.32 Å². The monoisotopic (exact) mass is 420 g/mol. The number of nitrogens with one attached hydrogen (secondary N) is 2. The number of thioether (sulfide) groups is 1. The van der Waals surface area contributed by atoms with Crippen LogP contribution in [0.5, 0.6) is 0 Å². The standard InChI is InChI=1S/C19H24N4O3S2/c1-6-9(2)7-13-11(4)27-18-15(13)17(25)21-19(22-18)28-12(5)16(24)20-14-8-10(3)26-23-14/h8-9,12H,6-7H2,1-5H3,(H,20,23,24)(H,21,22,25)/t9-,12+/m1/s1. The number of carbonyl (C=O) groups excluding carboxylic acids is 1. The maximum absolute atomic E-state index is 12.7. The van der Waals surface area contributed by atoms with Crippen molar-refractivity contribution in [2.75, 3.05) is 5.32 Å². The summed E-state index contributed by atoms with van der Waals surface area (Å²) in [6.07, 6.45) is 1.93. The molecule has 7 nitrogen and oxygen atoms in total. The molecule has 0 spiro atoms. The van der Waals surface area contributed by atoms with E-state index in [9.17, 15) is 9.59 Å². The van der Waals surface area contributed by atoms with E-state index in [0.29, 0.717) is 28.0 Å². The highest BCUT2D eigenvalue weighted by atomic mass is 32.2. The van der Waals surface area contributed by atoms with Crippen molar-refractivity contribution in [3.63, 3.8) is 0 Å². The molecule has 0 fully saturated rings. The molecule has 0 unspecified atom stereocenters. The van der Waals surface area contributed by atoms with Gasteiger partial charge in [-0.3, -0.25) is 9.59 Å². The minimum absolute atomic E-state index is 0.144. The van der Waals surface area contributed by atoms with Crippen LogP contribution in [0.4, 0.5) is 5.82 Å². The molecule has 0 bridgehead atoms. The van der Waals surface area contributed by atoms with E-state index in [1.165, 1.54) is 23.1 Å². The Labute approximate surface area is 171 Å². The molecule has 2 N–H and O–H groups in total. The summed E-state index contributed by atoms with van der Waals surface area (Å²) in [7, 11) is 0. The van der Waals surface area contributed by atoms with Gasteiger partial charge >= 0.3 is 0 Å². The summed E-state index contributed by atoms with van der Waals surface area (Å²) < 4.78 is 4.95. The van der Waals surface area contributed by atoms with E-state index < -0.39 is 5.25 Å². The van der Waals surface area contributed by atoms with Crippen molar-refractivity contribution in [2.24, 2.45) is 5.92 Å². The molecule has 150 valence electrons. The zero-order chi connectivity index (χ0) is 20.4. The third kappa shape index (κ3) is 4.47. The molecule has 3 aromatic rings. The molecular formula is C19H24N4O3S2. The Kier molecular flexibility index (Phi) is 6.24. The van der Waals surface area contributed by atoms with Gasteiger partial charge in [0, 0.05) is 10.9 Å². The van der Waals surface area contributed by atoms with Gasteiger partial charge in [-0.15, -0.1) is 11.3 Å². The van der Waals surface area contributed by atoms with Crippen molar-refractivity contribution in [1.82, 2.24) is 15.1 Å². The molecule has 0 aliphatic heterocycles. The van der Waals surface area contributed by atoms with Crippen molar-refractivity contribution in [3.8, 4) is 0 Å². The Morgan fingerprint density at radius 1 is 1.39 bits per heavy atom. The van der Waals surface area contributed by atoms with E-state index >= 15 is 0 Å². The summed E-state index contributed by atoms with van der Waals surface area (Å²) in [4.78, 5) is 34.4. The molecule has 3 rings (SSSR count). The molecule has 0 radical (unpaired) electrons. The first kappa shape index (κ1) is 20.6. The van der Waals surface area contributed by atoms with Crippen LogP contribution in [0.2, 0.25) is 0 Å². The van der Waals surface area contributed by atoms with Crippen LogP contribution in [0.25, 0.3) is 10.2 Å². The maximum atomic E-state index is 12.7. The van der Waals surface area contributed by atoms with Gasteiger partial charge in [-0.1, -0.05) is 37.2 Å². The van der Waals surface area contributed by atoms with E-state index in [1.807, 2.05) is 6.92 Å². The van der Waals surface area contributed by atoms with E-state index in [4.69, 9.17) is 4.52 Å². The third-order valence-electron chi connectivity index (χ3n) is 4.63. The highest BCUT2D eigenvalue weighted by molar-refractivity contribution is 8.00. The normalized spacial score (nSPS) is 13.6. The van der Waals surface area contributed by atoms with Crippen molar-refractivity contribution >= 4 is 45.0 Å². The number of fused-ring (bicyclic) bond motifs is 1. The van der Waals surface area contributed by atoms with Crippen LogP contribution in [0, 0.1) is 19.8 Å². The number of aromatic nitrogens is 3. The lowest BCUT2D eigenvalue weighted by atomic mass is 9.98. The molecule has 0 aromatic carbocycles. The minimum atomic E-state index is -0.460. The van der Waals surface area contributed by atoms with Crippen LogP contribution in [0.3, 0.4) is 0 Å². The van der Waals surface area contributed by atoms with Crippen molar-refractivity contribution in [3.05, 3.63) is 32.6 Å². The first-order valence-corrected chi connectivity index (χ1v) is 10.9. The summed E-state index contributed by atoms with van der Waals surface area (Å²) in [6, 6.07) is 1.65. The number of rotatable bonds is 7. The van der Waals surface area contributed by atoms with Crippen LogP contribution in [-0.4, -0.2) is 26.3 Å². The first-order chi connectivity index (χ1) is 13.3. The van der Waals surface area contributed by atoms with Gasteiger partial charge < -0.3 is 14.8 Å². The summed E-state index contributed by atoms with van der Waals surface area (Å²) in [6.45, 7) is 9.88. The second-order valence-corrected chi connectivity index (χ2v) is 9.51. The number of aryl methyl sites for hydroxylation is 2. The Morgan fingerprint density at radius 3 is 2.79 bits per heavy atom. The van der Waals surface area contributed by atoms with E-state index in [1.54, 1.807) is 19.9 Å². The highest BCUT2D eigenvalue weighted by Gasteiger charge is 2.20. The molecule has 9 heteroatoms. The predicted octanol–water partition coefficient (Wildman–Crippen LogP) is 4.30. The maximum Gasteiger partial charge on any atom is 0.260 e. The lowest BCUT2D eigenvalue weighted by molar-refractivity contribution is -0.115. The van der Waals surface area contributed by atoms with Crippen LogP contribution in [-0.2, 0) is 11.2 Å². The average Bonchev–Trinajstić information content (AvgIpc) is 3.17. The van der Waals surface area contributed by atoms with Crippen molar-refractivity contribution in [1.29, 1.82) is 0 Å². The smallest absolute Gasteiger partial charge is 0.260 e. The van der Waals surface area contributed by atoms with Crippen LogP contribution in [0.15, 0.2) is 20.5 Å². The molecule has 2 atom stereocenters. The Balaban J connectivity index is 1.80. The van der Waals surface area contributed by atoms with Gasteiger partial charge in [0.1, 0.15) is 10.6 Å². The molecule has 28 heavy (non-hydrogen) atoms.